The predicted octanol–water partition coefficient (Wildman–Crippen LogP) is 3.57. The molecule has 4 heteroatoms. The van der Waals surface area contributed by atoms with Gasteiger partial charge >= 0.3 is 0 Å². The van der Waals surface area contributed by atoms with Crippen LogP contribution in [0.5, 0.6) is 5.95 Å². The molecule has 19 heavy (non-hydrogen) atoms. The first-order chi connectivity index (χ1) is 9.20. The van der Waals surface area contributed by atoms with Crippen LogP contribution in [0.1, 0.15) is 57.3 Å². The fourth-order valence-corrected chi connectivity index (χ4v) is 2.65. The first-order valence-corrected chi connectivity index (χ1v) is 7.02. The molecule has 1 fully saturated rings. The van der Waals surface area contributed by atoms with Gasteiger partial charge < -0.3 is 14.3 Å². The van der Waals surface area contributed by atoms with E-state index in [2.05, 4.69) is 6.92 Å². The lowest BCUT2D eigenvalue weighted by atomic mass is 9.86. The molecule has 1 aliphatic rings. The molecule has 2 rings (SSSR count). The zero-order valence-corrected chi connectivity index (χ0v) is 11.3. The third kappa shape index (κ3) is 3.74. The van der Waals surface area contributed by atoms with Crippen molar-refractivity contribution in [2.24, 2.45) is 5.92 Å². The summed E-state index contributed by atoms with van der Waals surface area (Å²) in [5.74, 6) is 1.42. The van der Waals surface area contributed by atoms with Crippen molar-refractivity contribution in [2.75, 3.05) is 0 Å². The standard InChI is InChI=1S/C15H21NO3/c1-11(12-5-3-2-4-6-12)18-15-8-7-14(19-15)13(17)9-10-16/h7-8,11-13,17H,2-6,9H2,1H3. The highest BCUT2D eigenvalue weighted by Crippen LogP contribution is 2.30. The maximum Gasteiger partial charge on any atom is 0.284 e. The van der Waals surface area contributed by atoms with E-state index in [4.69, 9.17) is 14.4 Å². The van der Waals surface area contributed by atoms with Crippen LogP contribution in [0, 0.1) is 17.2 Å². The number of furan rings is 1. The molecule has 1 aromatic rings. The minimum absolute atomic E-state index is 0.0329. The number of ether oxygens (including phenoxy) is 1. The summed E-state index contributed by atoms with van der Waals surface area (Å²) >= 11 is 0. The van der Waals surface area contributed by atoms with Crippen molar-refractivity contribution in [3.05, 3.63) is 17.9 Å². The minimum Gasteiger partial charge on any atom is -0.462 e. The summed E-state index contributed by atoms with van der Waals surface area (Å²) in [5.41, 5.74) is 0. The molecule has 0 bridgehead atoms. The number of hydrogen-bond donors (Lipinski definition) is 1. The zero-order chi connectivity index (χ0) is 13.7. The Hall–Kier alpha value is -1.47. The molecule has 1 aliphatic carbocycles. The zero-order valence-electron chi connectivity index (χ0n) is 11.3. The molecule has 0 radical (unpaired) electrons. The summed E-state index contributed by atoms with van der Waals surface area (Å²) in [6.07, 6.45) is 5.61. The molecular formula is C15H21NO3. The summed E-state index contributed by atoms with van der Waals surface area (Å²) in [4.78, 5) is 0. The van der Waals surface area contributed by atoms with E-state index in [0.29, 0.717) is 17.6 Å². The van der Waals surface area contributed by atoms with Crippen molar-refractivity contribution in [1.82, 2.24) is 0 Å². The second kappa shape index (κ2) is 6.63. The number of nitriles is 1. The number of aliphatic hydroxyl groups is 1. The maximum absolute atomic E-state index is 9.64. The van der Waals surface area contributed by atoms with E-state index in [-0.39, 0.29) is 12.5 Å². The molecule has 0 amide bonds. The minimum atomic E-state index is -0.868. The van der Waals surface area contributed by atoms with Crippen molar-refractivity contribution in [1.29, 1.82) is 5.26 Å². The Morgan fingerprint density at radius 1 is 1.42 bits per heavy atom. The summed E-state index contributed by atoms with van der Waals surface area (Å²) in [7, 11) is 0. The van der Waals surface area contributed by atoms with Gasteiger partial charge in [0.05, 0.1) is 12.5 Å². The summed E-state index contributed by atoms with van der Waals surface area (Å²) < 4.78 is 11.2. The highest BCUT2D eigenvalue weighted by Gasteiger charge is 2.22. The predicted molar refractivity (Wildman–Crippen MR) is 70.6 cm³/mol. The number of nitrogens with zero attached hydrogens (tertiary/aromatic N) is 1. The molecular weight excluding hydrogens is 242 g/mol. The third-order valence-corrected chi connectivity index (χ3v) is 3.83. The van der Waals surface area contributed by atoms with Gasteiger partial charge in [0.25, 0.3) is 5.95 Å². The fourth-order valence-electron chi connectivity index (χ4n) is 2.65. The van der Waals surface area contributed by atoms with E-state index in [1.54, 1.807) is 12.1 Å². The SMILES string of the molecule is CC(Oc1ccc(C(O)CC#N)o1)C1CCCCC1. The number of rotatable bonds is 5. The quantitative estimate of drug-likeness (QED) is 0.881. The van der Waals surface area contributed by atoms with E-state index in [1.165, 1.54) is 32.1 Å². The van der Waals surface area contributed by atoms with Crippen LogP contribution in [0.15, 0.2) is 16.5 Å². The second-order valence-electron chi connectivity index (χ2n) is 5.26. The highest BCUT2D eigenvalue weighted by molar-refractivity contribution is 5.14. The molecule has 1 saturated carbocycles. The largest absolute Gasteiger partial charge is 0.462 e. The van der Waals surface area contributed by atoms with E-state index < -0.39 is 6.10 Å². The maximum atomic E-state index is 9.64. The van der Waals surface area contributed by atoms with Crippen LogP contribution < -0.4 is 4.74 Å². The Bertz CT molecular complexity index is 429. The topological polar surface area (TPSA) is 66.4 Å². The van der Waals surface area contributed by atoms with Gasteiger partial charge in [-0.15, -0.1) is 0 Å². The van der Waals surface area contributed by atoms with Crippen LogP contribution >= 0.6 is 0 Å². The van der Waals surface area contributed by atoms with Gasteiger partial charge in [0.2, 0.25) is 0 Å². The Balaban J connectivity index is 1.90. The first-order valence-electron chi connectivity index (χ1n) is 7.02. The average Bonchev–Trinajstić information content (AvgIpc) is 2.88. The molecule has 4 nitrogen and oxygen atoms in total. The van der Waals surface area contributed by atoms with Gasteiger partial charge in [-0.2, -0.15) is 5.26 Å². The molecule has 1 aromatic heterocycles. The van der Waals surface area contributed by atoms with Crippen LogP contribution in [0.4, 0.5) is 0 Å². The van der Waals surface area contributed by atoms with Gasteiger partial charge in [0, 0.05) is 6.07 Å². The fraction of sp³-hybridized carbons (Fsp3) is 0.667. The van der Waals surface area contributed by atoms with Crippen LogP contribution in [0.25, 0.3) is 0 Å². The highest BCUT2D eigenvalue weighted by atomic mass is 16.6. The molecule has 0 saturated heterocycles. The van der Waals surface area contributed by atoms with Crippen molar-refractivity contribution in [3.8, 4) is 12.0 Å². The Labute approximate surface area is 114 Å². The summed E-state index contributed by atoms with van der Waals surface area (Å²) in [6, 6.07) is 5.31. The summed E-state index contributed by atoms with van der Waals surface area (Å²) in [6.45, 7) is 2.07. The van der Waals surface area contributed by atoms with Crippen LogP contribution in [-0.2, 0) is 0 Å². The molecule has 0 aliphatic heterocycles. The van der Waals surface area contributed by atoms with E-state index in [9.17, 15) is 5.11 Å². The molecule has 0 aromatic carbocycles. The van der Waals surface area contributed by atoms with E-state index in [0.717, 1.165) is 0 Å². The monoisotopic (exact) mass is 263 g/mol. The van der Waals surface area contributed by atoms with Crippen molar-refractivity contribution < 1.29 is 14.3 Å². The van der Waals surface area contributed by atoms with Gasteiger partial charge in [-0.25, -0.2) is 0 Å². The van der Waals surface area contributed by atoms with E-state index >= 15 is 0 Å². The smallest absolute Gasteiger partial charge is 0.284 e. The Morgan fingerprint density at radius 3 is 2.84 bits per heavy atom. The number of hydrogen-bond acceptors (Lipinski definition) is 4. The van der Waals surface area contributed by atoms with Gasteiger partial charge in [-0.1, -0.05) is 19.3 Å². The third-order valence-electron chi connectivity index (χ3n) is 3.83. The van der Waals surface area contributed by atoms with Gasteiger partial charge in [-0.3, -0.25) is 0 Å². The molecule has 1 N–H and O–H groups in total. The molecule has 2 atom stereocenters. The van der Waals surface area contributed by atoms with Crippen molar-refractivity contribution in [3.63, 3.8) is 0 Å². The van der Waals surface area contributed by atoms with Crippen molar-refractivity contribution >= 4 is 0 Å². The van der Waals surface area contributed by atoms with Gasteiger partial charge in [-0.05, 0) is 31.7 Å². The second-order valence-corrected chi connectivity index (χ2v) is 5.26. The van der Waals surface area contributed by atoms with Crippen molar-refractivity contribution in [2.45, 2.75) is 57.7 Å². The van der Waals surface area contributed by atoms with Crippen LogP contribution in [0.3, 0.4) is 0 Å². The molecule has 104 valence electrons. The van der Waals surface area contributed by atoms with Crippen LogP contribution in [-0.4, -0.2) is 11.2 Å². The average molecular weight is 263 g/mol. The van der Waals surface area contributed by atoms with Gasteiger partial charge in [0.15, 0.2) is 0 Å². The van der Waals surface area contributed by atoms with Gasteiger partial charge in [0.1, 0.15) is 18.0 Å². The Kier molecular flexibility index (Phi) is 4.86. The molecule has 0 spiro atoms. The normalized spacial score (nSPS) is 19.6. The van der Waals surface area contributed by atoms with E-state index in [1.807, 2.05) is 6.07 Å². The van der Waals surface area contributed by atoms with Crippen LogP contribution in [0.2, 0.25) is 0 Å². The number of aliphatic hydroxyl groups excluding tert-OH is 1. The molecule has 1 heterocycles. The summed E-state index contributed by atoms with van der Waals surface area (Å²) in [5, 5.41) is 18.2. The Morgan fingerprint density at radius 2 is 2.16 bits per heavy atom. The molecule has 2 unspecified atom stereocenters. The first kappa shape index (κ1) is 14.0. The lowest BCUT2D eigenvalue weighted by Crippen LogP contribution is -2.25. The lowest BCUT2D eigenvalue weighted by Gasteiger charge is -2.27. The lowest BCUT2D eigenvalue weighted by molar-refractivity contribution is 0.0847.